The summed E-state index contributed by atoms with van der Waals surface area (Å²) in [6.45, 7) is 8.57. The number of likely N-dealkylation sites (tertiary alicyclic amines) is 1. The van der Waals surface area contributed by atoms with Gasteiger partial charge in [0, 0.05) is 55.7 Å². The van der Waals surface area contributed by atoms with E-state index in [1.165, 1.54) is 0 Å². The van der Waals surface area contributed by atoms with E-state index in [-0.39, 0.29) is 0 Å². The quantitative estimate of drug-likeness (QED) is 0.395. The second-order valence-electron chi connectivity index (χ2n) is 9.20. The molecule has 34 heavy (non-hydrogen) atoms. The number of anilines is 2. The minimum Gasteiger partial charge on any atom is -0.323 e. The van der Waals surface area contributed by atoms with E-state index in [1.54, 1.807) is 6.20 Å². The van der Waals surface area contributed by atoms with Crippen LogP contribution in [0.2, 0.25) is 0 Å². The Morgan fingerprint density at radius 2 is 1.88 bits per heavy atom. The number of aryl methyl sites for hydroxylation is 1. The van der Waals surface area contributed by atoms with Gasteiger partial charge in [0.1, 0.15) is 5.82 Å². The van der Waals surface area contributed by atoms with Crippen molar-refractivity contribution in [3.63, 3.8) is 0 Å². The number of likely N-dealkylation sites (N-methyl/N-ethyl adjacent to an activating group) is 1. The molecule has 0 atom stereocenters. The molecule has 5 heterocycles. The van der Waals surface area contributed by atoms with Crippen LogP contribution in [0.1, 0.15) is 31.7 Å². The molecule has 0 aliphatic carbocycles. The zero-order valence-electron chi connectivity index (χ0n) is 19.9. The summed E-state index contributed by atoms with van der Waals surface area (Å²) < 4.78 is 2.01. The monoisotopic (exact) mass is 457 g/mol. The van der Waals surface area contributed by atoms with Crippen LogP contribution in [0, 0.1) is 0 Å². The van der Waals surface area contributed by atoms with E-state index in [0.717, 1.165) is 60.3 Å². The second-order valence-corrected chi connectivity index (χ2v) is 9.20. The van der Waals surface area contributed by atoms with E-state index < -0.39 is 0 Å². The third kappa shape index (κ3) is 5.05. The lowest BCUT2D eigenvalue weighted by molar-refractivity contribution is 0.128. The van der Waals surface area contributed by atoms with Crippen LogP contribution < -0.4 is 10.6 Å². The first kappa shape index (κ1) is 22.4. The Hall–Kier alpha value is -3.43. The number of rotatable bonds is 9. The van der Waals surface area contributed by atoms with Gasteiger partial charge in [-0.15, -0.1) is 5.10 Å². The molecule has 4 aromatic heterocycles. The van der Waals surface area contributed by atoms with Crippen LogP contribution in [0.15, 0.2) is 49.1 Å². The fourth-order valence-electron chi connectivity index (χ4n) is 4.15. The van der Waals surface area contributed by atoms with E-state index in [4.69, 9.17) is 4.98 Å². The average molecular weight is 458 g/mol. The Labute approximate surface area is 199 Å². The van der Waals surface area contributed by atoms with Crippen molar-refractivity contribution in [1.82, 2.24) is 40.2 Å². The minimum absolute atomic E-state index is 0.384. The van der Waals surface area contributed by atoms with Crippen molar-refractivity contribution >= 4 is 22.7 Å². The molecule has 0 amide bonds. The standard InChI is InChI=1S/C25H31N9/c1-17(2)18-10-25(32-28-12-18)31-24-6-5-22-23(30-24)9-19(11-27-22)20-13-29-34(14-20)8-4-7-33-15-21(16-33)26-3/h5-6,9-14,17,21,26H,4,7-8,15-16H2,1-3H3,(H,30,31,32). The lowest BCUT2D eigenvalue weighted by Gasteiger charge is -2.39. The van der Waals surface area contributed by atoms with Gasteiger partial charge in [-0.25, -0.2) is 4.98 Å². The first-order chi connectivity index (χ1) is 16.6. The predicted octanol–water partition coefficient (Wildman–Crippen LogP) is 3.44. The molecule has 0 radical (unpaired) electrons. The van der Waals surface area contributed by atoms with Gasteiger partial charge < -0.3 is 15.5 Å². The van der Waals surface area contributed by atoms with Crippen molar-refractivity contribution in [3.05, 3.63) is 54.6 Å². The van der Waals surface area contributed by atoms with Crippen molar-refractivity contribution < 1.29 is 0 Å². The number of aromatic nitrogens is 6. The van der Waals surface area contributed by atoms with Gasteiger partial charge in [0.05, 0.1) is 23.4 Å². The fraction of sp³-hybridized carbons (Fsp3) is 0.400. The zero-order valence-corrected chi connectivity index (χ0v) is 19.9. The Morgan fingerprint density at radius 3 is 2.71 bits per heavy atom. The molecule has 0 saturated carbocycles. The van der Waals surface area contributed by atoms with Crippen LogP contribution in [0.25, 0.3) is 22.2 Å². The molecule has 0 spiro atoms. The number of nitrogens with zero attached hydrogens (tertiary/aromatic N) is 7. The average Bonchev–Trinajstić information content (AvgIpc) is 3.29. The summed E-state index contributed by atoms with van der Waals surface area (Å²) in [5, 5.41) is 19.4. The van der Waals surface area contributed by atoms with Crippen LogP contribution in [0.4, 0.5) is 11.6 Å². The molecule has 9 heteroatoms. The summed E-state index contributed by atoms with van der Waals surface area (Å²) in [5.41, 5.74) is 4.85. The molecule has 176 valence electrons. The molecule has 1 aliphatic heterocycles. The second kappa shape index (κ2) is 9.82. The number of fused-ring (bicyclic) bond motifs is 1. The summed E-state index contributed by atoms with van der Waals surface area (Å²) in [6.07, 6.45) is 8.76. The van der Waals surface area contributed by atoms with Gasteiger partial charge in [-0.3, -0.25) is 9.67 Å². The van der Waals surface area contributed by atoms with E-state index in [9.17, 15) is 0 Å². The third-order valence-electron chi connectivity index (χ3n) is 6.33. The maximum absolute atomic E-state index is 4.76. The van der Waals surface area contributed by atoms with E-state index in [1.807, 2.05) is 42.3 Å². The highest BCUT2D eigenvalue weighted by Crippen LogP contribution is 2.24. The highest BCUT2D eigenvalue weighted by molar-refractivity contribution is 5.81. The van der Waals surface area contributed by atoms with Gasteiger partial charge in [0.25, 0.3) is 0 Å². The van der Waals surface area contributed by atoms with Crippen molar-refractivity contribution in [3.8, 4) is 11.1 Å². The Kier molecular flexibility index (Phi) is 6.46. The maximum atomic E-state index is 4.76. The SMILES string of the molecule is CNC1CN(CCCn2cc(-c3cnc4ccc(Nc5cc(C(C)C)cnn5)nc4c3)cn2)C1. The molecule has 1 fully saturated rings. The summed E-state index contributed by atoms with van der Waals surface area (Å²) in [5.74, 6) is 1.78. The summed E-state index contributed by atoms with van der Waals surface area (Å²) in [7, 11) is 2.03. The van der Waals surface area contributed by atoms with Gasteiger partial charge in [-0.2, -0.15) is 10.2 Å². The topological polar surface area (TPSA) is 96.7 Å². The van der Waals surface area contributed by atoms with Gasteiger partial charge in [0.15, 0.2) is 5.82 Å². The van der Waals surface area contributed by atoms with Gasteiger partial charge >= 0.3 is 0 Å². The van der Waals surface area contributed by atoms with Crippen molar-refractivity contribution in [1.29, 1.82) is 0 Å². The molecule has 9 nitrogen and oxygen atoms in total. The Balaban J connectivity index is 1.26. The molecular weight excluding hydrogens is 426 g/mol. The van der Waals surface area contributed by atoms with Crippen LogP contribution in [-0.4, -0.2) is 67.6 Å². The minimum atomic E-state index is 0.384. The number of hydrogen-bond donors (Lipinski definition) is 2. The molecule has 4 aromatic rings. The first-order valence-corrected chi connectivity index (χ1v) is 11.9. The van der Waals surface area contributed by atoms with Gasteiger partial charge in [-0.05, 0) is 49.2 Å². The van der Waals surface area contributed by atoms with E-state index in [0.29, 0.717) is 23.6 Å². The summed E-state index contributed by atoms with van der Waals surface area (Å²) >= 11 is 0. The van der Waals surface area contributed by atoms with Crippen molar-refractivity contribution in [2.45, 2.75) is 38.8 Å². The molecule has 0 unspecified atom stereocenters. The first-order valence-electron chi connectivity index (χ1n) is 11.9. The van der Waals surface area contributed by atoms with Crippen LogP contribution in [0.5, 0.6) is 0 Å². The molecule has 1 aliphatic rings. The molecule has 1 saturated heterocycles. The summed E-state index contributed by atoms with van der Waals surface area (Å²) in [4.78, 5) is 11.8. The highest BCUT2D eigenvalue weighted by atomic mass is 15.3. The maximum Gasteiger partial charge on any atom is 0.154 e. The largest absolute Gasteiger partial charge is 0.323 e. The molecule has 0 bridgehead atoms. The smallest absolute Gasteiger partial charge is 0.154 e. The van der Waals surface area contributed by atoms with Crippen molar-refractivity contribution in [2.24, 2.45) is 0 Å². The summed E-state index contributed by atoms with van der Waals surface area (Å²) in [6, 6.07) is 8.59. The fourth-order valence-corrected chi connectivity index (χ4v) is 4.15. The van der Waals surface area contributed by atoms with Crippen LogP contribution in [0.3, 0.4) is 0 Å². The normalized spacial score (nSPS) is 14.6. The van der Waals surface area contributed by atoms with Crippen molar-refractivity contribution in [2.75, 3.05) is 32.0 Å². The predicted molar refractivity (Wildman–Crippen MR) is 134 cm³/mol. The number of nitrogens with one attached hydrogen (secondary N) is 2. The number of hydrogen-bond acceptors (Lipinski definition) is 8. The molecule has 5 rings (SSSR count). The van der Waals surface area contributed by atoms with Crippen LogP contribution >= 0.6 is 0 Å². The Morgan fingerprint density at radius 1 is 1.00 bits per heavy atom. The molecule has 2 N–H and O–H groups in total. The lowest BCUT2D eigenvalue weighted by atomic mass is 10.1. The number of pyridine rings is 2. The van der Waals surface area contributed by atoms with Gasteiger partial charge in [0.2, 0.25) is 0 Å². The highest BCUT2D eigenvalue weighted by Gasteiger charge is 2.23. The van der Waals surface area contributed by atoms with E-state index >= 15 is 0 Å². The Bertz CT molecular complexity index is 1260. The molecular formula is C25H31N9. The van der Waals surface area contributed by atoms with E-state index in [2.05, 4.69) is 61.9 Å². The zero-order chi connectivity index (χ0) is 23.5. The third-order valence-corrected chi connectivity index (χ3v) is 6.33. The molecule has 0 aromatic carbocycles. The van der Waals surface area contributed by atoms with Crippen LogP contribution in [-0.2, 0) is 6.54 Å². The van der Waals surface area contributed by atoms with Gasteiger partial charge in [-0.1, -0.05) is 13.8 Å². The lowest BCUT2D eigenvalue weighted by Crippen LogP contribution is -2.57.